The number of H-pyrrole nitrogens is 1. The highest BCUT2D eigenvalue weighted by molar-refractivity contribution is 5.97. The van der Waals surface area contributed by atoms with E-state index >= 15 is 0 Å². The molecule has 0 saturated heterocycles. The number of carbonyl (C=O) groups excluding carboxylic acids is 1. The minimum atomic E-state index is 0.112. The summed E-state index contributed by atoms with van der Waals surface area (Å²) in [4.78, 5) is 14.5. The molecule has 1 rings (SSSR count). The Balaban J connectivity index is 2.72. The summed E-state index contributed by atoms with van der Waals surface area (Å²) in [6.07, 6.45) is 3.53. The molecule has 2 heteroatoms. The average Bonchev–Trinajstić information content (AvgIpc) is 2.53. The van der Waals surface area contributed by atoms with E-state index in [0.29, 0.717) is 5.92 Å². The Morgan fingerprint density at radius 2 is 2.08 bits per heavy atom. The fourth-order valence-corrected chi connectivity index (χ4v) is 1.04. The topological polar surface area (TPSA) is 32.9 Å². The summed E-state index contributed by atoms with van der Waals surface area (Å²) in [5.74, 6) is 0.749. The number of aromatic nitrogens is 1. The van der Waals surface area contributed by atoms with Crippen LogP contribution < -0.4 is 0 Å². The van der Waals surface area contributed by atoms with Gasteiger partial charge in [0, 0.05) is 23.9 Å². The first-order valence-corrected chi connectivity index (χ1v) is 4.30. The van der Waals surface area contributed by atoms with Crippen molar-refractivity contribution in [2.24, 2.45) is 11.8 Å². The molecule has 0 fully saturated rings. The van der Waals surface area contributed by atoms with E-state index in [0.717, 1.165) is 5.56 Å². The van der Waals surface area contributed by atoms with E-state index in [-0.39, 0.29) is 11.7 Å². The zero-order valence-corrected chi connectivity index (χ0v) is 7.79. The molecule has 1 aromatic rings. The molecule has 1 atom stereocenters. The van der Waals surface area contributed by atoms with Gasteiger partial charge >= 0.3 is 0 Å². The maximum atomic E-state index is 11.6. The second kappa shape index (κ2) is 3.57. The first kappa shape index (κ1) is 9.04. The van der Waals surface area contributed by atoms with E-state index in [4.69, 9.17) is 0 Å². The Morgan fingerprint density at radius 3 is 2.50 bits per heavy atom. The summed E-state index contributed by atoms with van der Waals surface area (Å²) in [5, 5.41) is 0. The summed E-state index contributed by atoms with van der Waals surface area (Å²) in [6, 6.07) is 1.82. The van der Waals surface area contributed by atoms with Crippen LogP contribution in [0, 0.1) is 11.8 Å². The molecule has 0 amide bonds. The van der Waals surface area contributed by atoms with Crippen LogP contribution in [-0.2, 0) is 0 Å². The minimum Gasteiger partial charge on any atom is -0.367 e. The molecule has 0 spiro atoms. The fourth-order valence-electron chi connectivity index (χ4n) is 1.04. The molecule has 0 aliphatic heterocycles. The van der Waals surface area contributed by atoms with Crippen molar-refractivity contribution in [1.29, 1.82) is 0 Å². The van der Waals surface area contributed by atoms with Crippen LogP contribution in [0.1, 0.15) is 31.1 Å². The molecule has 2 nitrogen and oxygen atoms in total. The summed E-state index contributed by atoms with van der Waals surface area (Å²) in [6.45, 7) is 6.10. The molecule has 0 radical (unpaired) electrons. The molecular weight excluding hydrogens is 150 g/mol. The average molecular weight is 165 g/mol. The van der Waals surface area contributed by atoms with Gasteiger partial charge < -0.3 is 4.98 Å². The van der Waals surface area contributed by atoms with Gasteiger partial charge in [-0.2, -0.15) is 0 Å². The first-order valence-electron chi connectivity index (χ1n) is 4.30. The molecule has 0 saturated carbocycles. The number of rotatable bonds is 3. The van der Waals surface area contributed by atoms with Crippen molar-refractivity contribution < 1.29 is 4.79 Å². The maximum Gasteiger partial charge on any atom is 0.167 e. The van der Waals surface area contributed by atoms with Gasteiger partial charge in [0.25, 0.3) is 0 Å². The summed E-state index contributed by atoms with van der Waals surface area (Å²) >= 11 is 0. The second-order valence-electron chi connectivity index (χ2n) is 3.50. The Bertz CT molecular complexity index is 249. The van der Waals surface area contributed by atoms with Gasteiger partial charge in [0.2, 0.25) is 0 Å². The highest BCUT2D eigenvalue weighted by atomic mass is 16.1. The minimum absolute atomic E-state index is 0.112. The van der Waals surface area contributed by atoms with Gasteiger partial charge in [-0.05, 0) is 12.0 Å². The predicted octanol–water partition coefficient (Wildman–Crippen LogP) is 2.49. The number of carbonyl (C=O) groups is 1. The van der Waals surface area contributed by atoms with Crippen molar-refractivity contribution in [2.45, 2.75) is 20.8 Å². The zero-order chi connectivity index (χ0) is 9.14. The Kier molecular flexibility index (Phi) is 2.69. The quantitative estimate of drug-likeness (QED) is 0.686. The molecule has 0 aliphatic carbocycles. The van der Waals surface area contributed by atoms with Crippen LogP contribution >= 0.6 is 0 Å². The lowest BCUT2D eigenvalue weighted by Gasteiger charge is -2.12. The molecule has 0 bridgehead atoms. The number of hydrogen-bond donors (Lipinski definition) is 1. The SMILES string of the molecule is CC(C)C(C)C(=O)c1cc[nH]c1. The van der Waals surface area contributed by atoms with Gasteiger partial charge in [0.1, 0.15) is 0 Å². The van der Waals surface area contributed by atoms with E-state index in [1.54, 1.807) is 12.4 Å². The number of Topliss-reactive ketones (excluding diaryl/α,β-unsaturated/α-hetero) is 1. The Labute approximate surface area is 73.0 Å². The van der Waals surface area contributed by atoms with E-state index in [9.17, 15) is 4.79 Å². The summed E-state index contributed by atoms with van der Waals surface area (Å²) in [5.41, 5.74) is 0.788. The van der Waals surface area contributed by atoms with Crippen LogP contribution in [-0.4, -0.2) is 10.8 Å². The second-order valence-corrected chi connectivity index (χ2v) is 3.50. The number of hydrogen-bond acceptors (Lipinski definition) is 1. The molecule has 1 N–H and O–H groups in total. The van der Waals surface area contributed by atoms with Crippen molar-refractivity contribution >= 4 is 5.78 Å². The van der Waals surface area contributed by atoms with Crippen molar-refractivity contribution in [1.82, 2.24) is 4.98 Å². The monoisotopic (exact) mass is 165 g/mol. The summed E-state index contributed by atoms with van der Waals surface area (Å²) in [7, 11) is 0. The lowest BCUT2D eigenvalue weighted by molar-refractivity contribution is 0.0900. The predicted molar refractivity (Wildman–Crippen MR) is 49.1 cm³/mol. The molecule has 0 aromatic carbocycles. The standard InChI is InChI=1S/C10H15NO/c1-7(2)8(3)10(12)9-4-5-11-6-9/h4-8,11H,1-3H3. The lowest BCUT2D eigenvalue weighted by atomic mass is 9.91. The zero-order valence-electron chi connectivity index (χ0n) is 7.79. The number of ketones is 1. The molecular formula is C10H15NO. The maximum absolute atomic E-state index is 11.6. The highest BCUT2D eigenvalue weighted by Crippen LogP contribution is 2.15. The largest absolute Gasteiger partial charge is 0.367 e. The van der Waals surface area contributed by atoms with E-state index in [2.05, 4.69) is 18.8 Å². The van der Waals surface area contributed by atoms with Crippen LogP contribution in [0.3, 0.4) is 0 Å². The number of nitrogens with one attached hydrogen (secondary N) is 1. The van der Waals surface area contributed by atoms with Gasteiger partial charge in [0.15, 0.2) is 5.78 Å². The van der Waals surface area contributed by atoms with E-state index in [1.165, 1.54) is 0 Å². The van der Waals surface area contributed by atoms with Gasteiger partial charge in [-0.1, -0.05) is 20.8 Å². The molecule has 0 aliphatic rings. The highest BCUT2D eigenvalue weighted by Gasteiger charge is 2.18. The Morgan fingerprint density at radius 1 is 1.42 bits per heavy atom. The molecule has 1 aromatic heterocycles. The van der Waals surface area contributed by atoms with Crippen LogP contribution in [0.2, 0.25) is 0 Å². The van der Waals surface area contributed by atoms with Gasteiger partial charge in [0.05, 0.1) is 0 Å². The van der Waals surface area contributed by atoms with Crippen molar-refractivity contribution in [3.63, 3.8) is 0 Å². The van der Waals surface area contributed by atoms with E-state index < -0.39 is 0 Å². The van der Waals surface area contributed by atoms with Crippen LogP contribution in [0.4, 0.5) is 0 Å². The molecule has 1 unspecified atom stereocenters. The van der Waals surface area contributed by atoms with Crippen molar-refractivity contribution in [3.05, 3.63) is 24.0 Å². The fraction of sp³-hybridized carbons (Fsp3) is 0.500. The van der Waals surface area contributed by atoms with Gasteiger partial charge in [-0.3, -0.25) is 4.79 Å². The smallest absolute Gasteiger partial charge is 0.167 e. The van der Waals surface area contributed by atoms with Gasteiger partial charge in [-0.25, -0.2) is 0 Å². The van der Waals surface area contributed by atoms with Crippen LogP contribution in [0.5, 0.6) is 0 Å². The Hall–Kier alpha value is -1.05. The van der Waals surface area contributed by atoms with E-state index in [1.807, 2.05) is 13.0 Å². The van der Waals surface area contributed by atoms with Crippen LogP contribution in [0.25, 0.3) is 0 Å². The van der Waals surface area contributed by atoms with Crippen LogP contribution in [0.15, 0.2) is 18.5 Å². The third-order valence-corrected chi connectivity index (χ3v) is 2.30. The molecule has 12 heavy (non-hydrogen) atoms. The summed E-state index contributed by atoms with van der Waals surface area (Å²) < 4.78 is 0. The third kappa shape index (κ3) is 1.76. The lowest BCUT2D eigenvalue weighted by Crippen LogP contribution is -2.16. The van der Waals surface area contributed by atoms with Gasteiger partial charge in [-0.15, -0.1) is 0 Å². The first-order chi connectivity index (χ1) is 5.63. The third-order valence-electron chi connectivity index (χ3n) is 2.30. The molecule has 1 heterocycles. The van der Waals surface area contributed by atoms with Crippen molar-refractivity contribution in [2.75, 3.05) is 0 Å². The number of aromatic amines is 1. The normalized spacial score (nSPS) is 13.3. The van der Waals surface area contributed by atoms with Crippen molar-refractivity contribution in [3.8, 4) is 0 Å². The molecule has 66 valence electrons.